The van der Waals surface area contributed by atoms with Gasteiger partial charge in [-0.05, 0) is 18.9 Å². The van der Waals surface area contributed by atoms with E-state index in [0.717, 1.165) is 19.1 Å². The zero-order valence-electron chi connectivity index (χ0n) is 8.31. The molecule has 0 atom stereocenters. The van der Waals surface area contributed by atoms with Crippen molar-refractivity contribution in [1.29, 1.82) is 0 Å². The van der Waals surface area contributed by atoms with Crippen LogP contribution in [0.25, 0.3) is 0 Å². The van der Waals surface area contributed by atoms with Crippen molar-refractivity contribution in [2.45, 2.75) is 33.1 Å². The standard InChI is InChI=1S/C10H21NO/c1-10(2,7-11)8-12-6-5-9-3-4-9/h9H,3-8,11H2,1-2H3. The summed E-state index contributed by atoms with van der Waals surface area (Å²) in [6, 6.07) is 0. The van der Waals surface area contributed by atoms with Crippen molar-refractivity contribution in [3.05, 3.63) is 0 Å². The van der Waals surface area contributed by atoms with Gasteiger partial charge in [0.2, 0.25) is 0 Å². The first-order valence-electron chi connectivity index (χ1n) is 4.92. The molecule has 2 heteroatoms. The molecule has 2 nitrogen and oxygen atoms in total. The molecule has 0 bridgehead atoms. The second-order valence-electron chi connectivity index (χ2n) is 4.65. The fourth-order valence-corrected chi connectivity index (χ4v) is 1.06. The molecule has 1 fully saturated rings. The fourth-order valence-electron chi connectivity index (χ4n) is 1.06. The third kappa shape index (κ3) is 4.07. The Morgan fingerprint density at radius 2 is 2.08 bits per heavy atom. The SMILES string of the molecule is CC(C)(CN)COCCC1CC1. The predicted octanol–water partition coefficient (Wildman–Crippen LogP) is 1.79. The molecule has 0 radical (unpaired) electrons. The third-order valence-corrected chi connectivity index (χ3v) is 2.41. The maximum atomic E-state index is 5.58. The molecule has 1 aliphatic rings. The fraction of sp³-hybridized carbons (Fsp3) is 1.00. The van der Waals surface area contributed by atoms with Crippen LogP contribution in [0.3, 0.4) is 0 Å². The number of hydrogen-bond acceptors (Lipinski definition) is 2. The van der Waals surface area contributed by atoms with Crippen molar-refractivity contribution in [3.8, 4) is 0 Å². The lowest BCUT2D eigenvalue weighted by Crippen LogP contribution is -2.29. The monoisotopic (exact) mass is 171 g/mol. The molecule has 1 saturated carbocycles. The van der Waals surface area contributed by atoms with Gasteiger partial charge < -0.3 is 10.5 Å². The van der Waals surface area contributed by atoms with E-state index < -0.39 is 0 Å². The van der Waals surface area contributed by atoms with E-state index >= 15 is 0 Å². The maximum absolute atomic E-state index is 5.58. The van der Waals surface area contributed by atoms with Gasteiger partial charge in [0.1, 0.15) is 0 Å². The van der Waals surface area contributed by atoms with Gasteiger partial charge in [-0.1, -0.05) is 26.7 Å². The van der Waals surface area contributed by atoms with E-state index in [1.165, 1.54) is 19.3 Å². The number of rotatable bonds is 6. The summed E-state index contributed by atoms with van der Waals surface area (Å²) in [6.45, 7) is 6.72. The number of nitrogens with two attached hydrogens (primary N) is 1. The van der Waals surface area contributed by atoms with Crippen LogP contribution in [0, 0.1) is 11.3 Å². The highest BCUT2D eigenvalue weighted by atomic mass is 16.5. The van der Waals surface area contributed by atoms with Gasteiger partial charge in [-0.25, -0.2) is 0 Å². The number of hydrogen-bond donors (Lipinski definition) is 1. The Bertz CT molecular complexity index is 130. The molecule has 0 amide bonds. The van der Waals surface area contributed by atoms with Crippen LogP contribution in [0.15, 0.2) is 0 Å². The first kappa shape index (κ1) is 10.0. The van der Waals surface area contributed by atoms with Crippen LogP contribution in [0.5, 0.6) is 0 Å². The Hall–Kier alpha value is -0.0800. The van der Waals surface area contributed by atoms with Crippen LogP contribution in [-0.4, -0.2) is 19.8 Å². The van der Waals surface area contributed by atoms with Gasteiger partial charge in [-0.3, -0.25) is 0 Å². The van der Waals surface area contributed by atoms with Crippen LogP contribution in [0.1, 0.15) is 33.1 Å². The molecule has 0 aromatic rings. The van der Waals surface area contributed by atoms with E-state index in [2.05, 4.69) is 13.8 Å². The van der Waals surface area contributed by atoms with Crippen molar-refractivity contribution in [2.24, 2.45) is 17.1 Å². The van der Waals surface area contributed by atoms with E-state index in [-0.39, 0.29) is 5.41 Å². The lowest BCUT2D eigenvalue weighted by Gasteiger charge is -2.21. The minimum Gasteiger partial charge on any atom is -0.381 e. The normalized spacial score (nSPS) is 18.2. The molecular formula is C10H21NO. The Kier molecular flexibility index (Phi) is 3.53. The summed E-state index contributed by atoms with van der Waals surface area (Å²) in [5, 5.41) is 0. The zero-order chi connectivity index (χ0) is 9.03. The largest absolute Gasteiger partial charge is 0.381 e. The van der Waals surface area contributed by atoms with E-state index in [9.17, 15) is 0 Å². The van der Waals surface area contributed by atoms with Crippen LogP contribution in [-0.2, 0) is 4.74 Å². The van der Waals surface area contributed by atoms with Crippen molar-refractivity contribution in [1.82, 2.24) is 0 Å². The molecule has 0 saturated heterocycles. The molecule has 2 N–H and O–H groups in total. The summed E-state index contributed by atoms with van der Waals surface area (Å²) in [5.74, 6) is 0.978. The Morgan fingerprint density at radius 1 is 1.42 bits per heavy atom. The first-order valence-corrected chi connectivity index (χ1v) is 4.92. The minimum absolute atomic E-state index is 0.156. The molecule has 0 aromatic heterocycles. The van der Waals surface area contributed by atoms with Crippen LogP contribution >= 0.6 is 0 Å². The Labute approximate surface area is 75.5 Å². The quantitative estimate of drug-likeness (QED) is 0.618. The molecule has 1 aliphatic carbocycles. The molecule has 72 valence electrons. The van der Waals surface area contributed by atoms with Gasteiger partial charge in [0.25, 0.3) is 0 Å². The van der Waals surface area contributed by atoms with Crippen LogP contribution in [0.4, 0.5) is 0 Å². The lowest BCUT2D eigenvalue weighted by atomic mass is 9.95. The van der Waals surface area contributed by atoms with E-state index in [1.807, 2.05) is 0 Å². The summed E-state index contributed by atoms with van der Waals surface area (Å²) < 4.78 is 5.56. The summed E-state index contributed by atoms with van der Waals surface area (Å²) in [6.07, 6.45) is 4.09. The van der Waals surface area contributed by atoms with Gasteiger partial charge in [0, 0.05) is 12.0 Å². The van der Waals surface area contributed by atoms with Crippen molar-refractivity contribution >= 4 is 0 Å². The highest BCUT2D eigenvalue weighted by Gasteiger charge is 2.21. The Morgan fingerprint density at radius 3 is 2.58 bits per heavy atom. The molecule has 12 heavy (non-hydrogen) atoms. The maximum Gasteiger partial charge on any atom is 0.0529 e. The summed E-state index contributed by atoms with van der Waals surface area (Å²) in [4.78, 5) is 0. The smallest absolute Gasteiger partial charge is 0.0529 e. The zero-order valence-corrected chi connectivity index (χ0v) is 8.31. The molecule has 1 rings (SSSR count). The molecule has 0 unspecified atom stereocenters. The topological polar surface area (TPSA) is 35.2 Å². The summed E-state index contributed by atoms with van der Waals surface area (Å²) in [5.41, 5.74) is 5.74. The molecule has 0 spiro atoms. The lowest BCUT2D eigenvalue weighted by molar-refractivity contribution is 0.0628. The Balaban J connectivity index is 1.92. The van der Waals surface area contributed by atoms with Crippen molar-refractivity contribution in [2.75, 3.05) is 19.8 Å². The molecular weight excluding hydrogens is 150 g/mol. The highest BCUT2D eigenvalue weighted by molar-refractivity contribution is 4.73. The van der Waals surface area contributed by atoms with Gasteiger partial charge in [-0.2, -0.15) is 0 Å². The first-order chi connectivity index (χ1) is 5.64. The van der Waals surface area contributed by atoms with Gasteiger partial charge in [0.15, 0.2) is 0 Å². The minimum atomic E-state index is 0.156. The van der Waals surface area contributed by atoms with Crippen LogP contribution < -0.4 is 5.73 Å². The van der Waals surface area contributed by atoms with E-state index in [0.29, 0.717) is 6.54 Å². The number of ether oxygens (including phenoxy) is 1. The molecule has 0 aliphatic heterocycles. The molecule has 0 aromatic carbocycles. The van der Waals surface area contributed by atoms with E-state index in [1.54, 1.807) is 0 Å². The average molecular weight is 171 g/mol. The van der Waals surface area contributed by atoms with Crippen molar-refractivity contribution < 1.29 is 4.74 Å². The summed E-state index contributed by atoms with van der Waals surface area (Å²) in [7, 11) is 0. The average Bonchev–Trinajstić information content (AvgIpc) is 2.82. The summed E-state index contributed by atoms with van der Waals surface area (Å²) >= 11 is 0. The van der Waals surface area contributed by atoms with E-state index in [4.69, 9.17) is 10.5 Å². The second-order valence-corrected chi connectivity index (χ2v) is 4.65. The van der Waals surface area contributed by atoms with Gasteiger partial charge in [0.05, 0.1) is 6.61 Å². The molecule has 0 heterocycles. The second kappa shape index (κ2) is 4.24. The van der Waals surface area contributed by atoms with Crippen LogP contribution in [0.2, 0.25) is 0 Å². The predicted molar refractivity (Wildman–Crippen MR) is 51.0 cm³/mol. The van der Waals surface area contributed by atoms with Crippen molar-refractivity contribution in [3.63, 3.8) is 0 Å². The van der Waals surface area contributed by atoms with Gasteiger partial charge in [-0.15, -0.1) is 0 Å². The van der Waals surface area contributed by atoms with Gasteiger partial charge >= 0.3 is 0 Å². The highest BCUT2D eigenvalue weighted by Crippen LogP contribution is 2.32. The third-order valence-electron chi connectivity index (χ3n) is 2.41.